The van der Waals surface area contributed by atoms with Gasteiger partial charge in [-0.2, -0.15) is 5.10 Å². The van der Waals surface area contributed by atoms with E-state index in [0.717, 1.165) is 38.9 Å². The molecule has 39 heavy (non-hydrogen) atoms. The Morgan fingerprint density at radius 3 is 2.36 bits per heavy atom. The van der Waals surface area contributed by atoms with Crippen molar-refractivity contribution in [2.75, 3.05) is 6.54 Å². The fraction of sp³-hybridized carbons (Fsp3) is 0.133. The van der Waals surface area contributed by atoms with Gasteiger partial charge in [-0.25, -0.2) is 0 Å². The molecule has 3 aromatic carbocycles. The topological polar surface area (TPSA) is 97.1 Å². The number of carbonyl (C=O) groups excluding carboxylic acids is 1. The Morgan fingerprint density at radius 2 is 1.69 bits per heavy atom. The lowest BCUT2D eigenvalue weighted by Crippen LogP contribution is -2.26. The maximum absolute atomic E-state index is 12.4. The maximum Gasteiger partial charge on any atom is 0.305 e. The SMILES string of the molecule is C[C@@H](c1ccc(C(=O)NCCC(=O)O)cc1)n1nc(-c2cc(Cl)cc(Cl)c2)c2ccc(-c3cccnc3)cc21. The third kappa shape index (κ3) is 5.79. The van der Waals surface area contributed by atoms with E-state index in [4.69, 9.17) is 33.4 Å². The molecule has 0 saturated carbocycles. The summed E-state index contributed by atoms with van der Waals surface area (Å²) in [5.74, 6) is -1.28. The quantitative estimate of drug-likeness (QED) is 0.216. The zero-order valence-corrected chi connectivity index (χ0v) is 22.4. The molecule has 0 aliphatic carbocycles. The van der Waals surface area contributed by atoms with Crippen molar-refractivity contribution in [1.29, 1.82) is 0 Å². The lowest BCUT2D eigenvalue weighted by molar-refractivity contribution is -0.136. The summed E-state index contributed by atoms with van der Waals surface area (Å²) in [6.45, 7) is 2.11. The van der Waals surface area contributed by atoms with E-state index in [9.17, 15) is 9.59 Å². The number of benzene rings is 3. The van der Waals surface area contributed by atoms with Gasteiger partial charge in [0, 0.05) is 51.1 Å². The zero-order valence-electron chi connectivity index (χ0n) is 20.9. The second kappa shape index (κ2) is 11.3. The normalized spacial score (nSPS) is 11.9. The molecule has 7 nitrogen and oxygen atoms in total. The number of carboxylic acids is 1. The average Bonchev–Trinajstić information content (AvgIpc) is 3.31. The van der Waals surface area contributed by atoms with E-state index in [0.29, 0.717) is 15.6 Å². The number of rotatable bonds is 8. The van der Waals surface area contributed by atoms with Crippen LogP contribution in [0.25, 0.3) is 33.3 Å². The minimum atomic E-state index is -0.961. The van der Waals surface area contributed by atoms with Gasteiger partial charge >= 0.3 is 5.97 Å². The summed E-state index contributed by atoms with van der Waals surface area (Å²) < 4.78 is 1.96. The van der Waals surface area contributed by atoms with E-state index in [-0.39, 0.29) is 24.9 Å². The predicted molar refractivity (Wildman–Crippen MR) is 153 cm³/mol. The first-order valence-corrected chi connectivity index (χ1v) is 13.0. The number of aromatic nitrogens is 3. The number of hydrogen-bond acceptors (Lipinski definition) is 4. The second-order valence-electron chi connectivity index (χ2n) is 9.12. The monoisotopic (exact) mass is 558 g/mol. The Morgan fingerprint density at radius 1 is 0.949 bits per heavy atom. The molecule has 0 spiro atoms. The summed E-state index contributed by atoms with van der Waals surface area (Å²) in [6, 6.07) is 22.5. The first kappa shape index (κ1) is 26.4. The molecule has 0 radical (unpaired) electrons. The lowest BCUT2D eigenvalue weighted by atomic mass is 10.0. The maximum atomic E-state index is 12.4. The summed E-state index contributed by atoms with van der Waals surface area (Å²) in [4.78, 5) is 27.4. The Labute approximate surface area is 235 Å². The second-order valence-corrected chi connectivity index (χ2v) is 10.00. The molecule has 5 aromatic rings. The molecule has 0 saturated heterocycles. The third-order valence-corrected chi connectivity index (χ3v) is 6.92. The fourth-order valence-electron chi connectivity index (χ4n) is 4.49. The minimum absolute atomic E-state index is 0.0706. The number of nitrogens with zero attached hydrogens (tertiary/aromatic N) is 3. The number of fused-ring (bicyclic) bond motifs is 1. The highest BCUT2D eigenvalue weighted by atomic mass is 35.5. The van der Waals surface area contributed by atoms with Crippen molar-refractivity contribution in [2.45, 2.75) is 19.4 Å². The predicted octanol–water partition coefficient (Wildman–Crippen LogP) is 6.89. The molecule has 1 amide bonds. The third-order valence-electron chi connectivity index (χ3n) is 6.48. The van der Waals surface area contributed by atoms with E-state index < -0.39 is 5.97 Å². The van der Waals surface area contributed by atoms with Gasteiger partial charge in [-0.15, -0.1) is 0 Å². The van der Waals surface area contributed by atoms with Crippen LogP contribution in [0.3, 0.4) is 0 Å². The number of amides is 1. The molecule has 0 aliphatic rings. The first-order chi connectivity index (χ1) is 18.8. The van der Waals surface area contributed by atoms with Gasteiger partial charge in [-0.1, -0.05) is 47.5 Å². The summed E-state index contributed by atoms with van der Waals surface area (Å²) in [5.41, 5.74) is 5.89. The zero-order chi connectivity index (χ0) is 27.5. The van der Waals surface area contributed by atoms with Crippen molar-refractivity contribution in [2.24, 2.45) is 0 Å². The van der Waals surface area contributed by atoms with Gasteiger partial charge in [0.15, 0.2) is 0 Å². The van der Waals surface area contributed by atoms with Crippen LogP contribution in [0, 0.1) is 0 Å². The van der Waals surface area contributed by atoms with Crippen LogP contribution in [-0.4, -0.2) is 38.3 Å². The highest BCUT2D eigenvalue weighted by Crippen LogP contribution is 2.36. The van der Waals surface area contributed by atoms with Crippen LogP contribution >= 0.6 is 23.2 Å². The standard InChI is InChI=1S/C30H24Cl2N4O3/c1-18(19-4-6-20(7-5-19)30(39)34-12-10-28(37)38)36-27-15-21(22-3-2-11-33-17-22)8-9-26(27)29(35-36)23-13-24(31)16-25(32)14-23/h2-9,11,13-18H,10,12H2,1H3,(H,34,39)(H,37,38)/t18-/m0/s1. The highest BCUT2D eigenvalue weighted by Gasteiger charge is 2.19. The van der Waals surface area contributed by atoms with E-state index in [1.54, 1.807) is 24.4 Å². The Bertz CT molecular complexity index is 1650. The van der Waals surface area contributed by atoms with Crippen LogP contribution in [0.1, 0.15) is 35.3 Å². The van der Waals surface area contributed by atoms with Crippen LogP contribution in [0.2, 0.25) is 10.0 Å². The van der Waals surface area contributed by atoms with Crippen molar-refractivity contribution in [3.8, 4) is 22.4 Å². The Kier molecular flexibility index (Phi) is 7.63. The summed E-state index contributed by atoms with van der Waals surface area (Å²) in [6.07, 6.45) is 3.43. The van der Waals surface area contributed by atoms with Gasteiger partial charge in [0.25, 0.3) is 5.91 Å². The molecule has 2 N–H and O–H groups in total. The molecule has 5 rings (SSSR count). The van der Waals surface area contributed by atoms with Crippen LogP contribution in [0.15, 0.2) is 85.2 Å². The molecule has 196 valence electrons. The van der Waals surface area contributed by atoms with Gasteiger partial charge < -0.3 is 10.4 Å². The molecule has 0 aliphatic heterocycles. The molecule has 0 bridgehead atoms. The van der Waals surface area contributed by atoms with Gasteiger partial charge in [0.1, 0.15) is 5.69 Å². The molecule has 2 aromatic heterocycles. The van der Waals surface area contributed by atoms with Crippen molar-refractivity contribution in [1.82, 2.24) is 20.1 Å². The minimum Gasteiger partial charge on any atom is -0.481 e. The fourth-order valence-corrected chi connectivity index (χ4v) is 5.01. The van der Waals surface area contributed by atoms with Gasteiger partial charge in [-0.3, -0.25) is 19.3 Å². The number of halogens is 2. The molecule has 0 fully saturated rings. The van der Waals surface area contributed by atoms with E-state index in [2.05, 4.69) is 16.4 Å². The number of aliphatic carboxylic acids is 1. The number of nitrogens with one attached hydrogen (secondary N) is 1. The van der Waals surface area contributed by atoms with Crippen molar-refractivity contribution in [3.05, 3.63) is 106 Å². The number of carboxylic acid groups (broad SMARTS) is 1. The molecular formula is C30H24Cl2N4O3. The van der Waals surface area contributed by atoms with Gasteiger partial charge in [0.2, 0.25) is 0 Å². The molecule has 0 unspecified atom stereocenters. The smallest absolute Gasteiger partial charge is 0.305 e. The first-order valence-electron chi connectivity index (χ1n) is 12.3. The van der Waals surface area contributed by atoms with Crippen LogP contribution in [0.5, 0.6) is 0 Å². The Balaban J connectivity index is 1.55. The summed E-state index contributed by atoms with van der Waals surface area (Å²) in [5, 5.41) is 18.4. The van der Waals surface area contributed by atoms with Gasteiger partial charge in [0.05, 0.1) is 18.0 Å². The molecule has 9 heteroatoms. The highest BCUT2D eigenvalue weighted by molar-refractivity contribution is 6.35. The number of carbonyl (C=O) groups is 2. The van der Waals surface area contributed by atoms with E-state index in [1.165, 1.54) is 0 Å². The molecule has 2 heterocycles. The molecular weight excluding hydrogens is 535 g/mol. The lowest BCUT2D eigenvalue weighted by Gasteiger charge is -2.15. The summed E-state index contributed by atoms with van der Waals surface area (Å²) in [7, 11) is 0. The van der Waals surface area contributed by atoms with E-state index in [1.807, 2.05) is 66.3 Å². The largest absolute Gasteiger partial charge is 0.481 e. The van der Waals surface area contributed by atoms with Crippen molar-refractivity contribution < 1.29 is 14.7 Å². The molecule has 1 atom stereocenters. The summed E-state index contributed by atoms with van der Waals surface area (Å²) >= 11 is 12.6. The number of pyridine rings is 1. The Hall–Kier alpha value is -4.20. The number of hydrogen-bond donors (Lipinski definition) is 2. The van der Waals surface area contributed by atoms with Crippen LogP contribution in [-0.2, 0) is 4.79 Å². The van der Waals surface area contributed by atoms with Crippen molar-refractivity contribution in [3.63, 3.8) is 0 Å². The van der Waals surface area contributed by atoms with E-state index >= 15 is 0 Å². The average molecular weight is 559 g/mol. The van der Waals surface area contributed by atoms with Crippen LogP contribution < -0.4 is 5.32 Å². The van der Waals surface area contributed by atoms with Crippen molar-refractivity contribution >= 4 is 46.0 Å². The van der Waals surface area contributed by atoms with Gasteiger partial charge in [-0.05, 0) is 66.6 Å². The van der Waals surface area contributed by atoms with Crippen LogP contribution in [0.4, 0.5) is 0 Å².